The molecule has 0 saturated heterocycles. The molecule has 5 nitrogen and oxygen atoms in total. The summed E-state index contributed by atoms with van der Waals surface area (Å²) in [5.74, 6) is 0.777. The van der Waals surface area contributed by atoms with Gasteiger partial charge in [-0.15, -0.1) is 11.8 Å². The molecule has 0 unspecified atom stereocenters. The first-order chi connectivity index (χ1) is 12.2. The maximum Gasteiger partial charge on any atom is 0.319 e. The van der Waals surface area contributed by atoms with Gasteiger partial charge < -0.3 is 15.4 Å². The van der Waals surface area contributed by atoms with E-state index in [1.54, 1.807) is 36.0 Å². The van der Waals surface area contributed by atoms with Crippen molar-refractivity contribution in [2.45, 2.75) is 24.7 Å². The second kappa shape index (κ2) is 10.4. The van der Waals surface area contributed by atoms with Crippen LogP contribution in [-0.2, 0) is 4.79 Å². The van der Waals surface area contributed by atoms with Crippen molar-refractivity contribution in [3.8, 4) is 5.75 Å². The van der Waals surface area contributed by atoms with Gasteiger partial charge in [0.2, 0.25) is 0 Å². The van der Waals surface area contributed by atoms with Gasteiger partial charge >= 0.3 is 12.0 Å². The van der Waals surface area contributed by atoms with Crippen molar-refractivity contribution in [1.82, 2.24) is 5.32 Å². The topological polar surface area (TPSA) is 67.4 Å². The number of carbonyl (C=O) groups excluding carboxylic acids is 2. The Morgan fingerprint density at radius 3 is 2.64 bits per heavy atom. The Labute approximate surface area is 152 Å². The number of esters is 1. The van der Waals surface area contributed by atoms with Gasteiger partial charge in [0.25, 0.3) is 0 Å². The Balaban J connectivity index is 1.78. The molecular weight excluding hydrogens is 336 g/mol. The molecule has 0 spiro atoms. The molecule has 0 aliphatic carbocycles. The van der Waals surface area contributed by atoms with Gasteiger partial charge in [0.1, 0.15) is 5.75 Å². The lowest BCUT2D eigenvalue weighted by atomic mass is 10.3. The Morgan fingerprint density at radius 2 is 1.88 bits per heavy atom. The lowest BCUT2D eigenvalue weighted by molar-refractivity contribution is -0.133. The third-order valence-electron chi connectivity index (χ3n) is 3.18. The summed E-state index contributed by atoms with van der Waals surface area (Å²) in [4.78, 5) is 24.7. The second-order valence-corrected chi connectivity index (χ2v) is 6.46. The number of hydrogen-bond acceptors (Lipinski definition) is 4. The molecule has 6 heteroatoms. The summed E-state index contributed by atoms with van der Waals surface area (Å²) in [5, 5.41) is 5.43. The van der Waals surface area contributed by atoms with E-state index < -0.39 is 0 Å². The van der Waals surface area contributed by atoms with Gasteiger partial charge in [-0.25, -0.2) is 4.79 Å². The molecule has 0 bridgehead atoms. The molecule has 132 valence electrons. The van der Waals surface area contributed by atoms with E-state index in [9.17, 15) is 9.59 Å². The van der Waals surface area contributed by atoms with Crippen LogP contribution in [0.5, 0.6) is 5.75 Å². The number of rotatable bonds is 8. The van der Waals surface area contributed by atoms with E-state index in [0.29, 0.717) is 30.2 Å². The molecule has 0 aliphatic heterocycles. The quantitative estimate of drug-likeness (QED) is 0.419. The van der Waals surface area contributed by atoms with Crippen LogP contribution < -0.4 is 15.4 Å². The van der Waals surface area contributed by atoms with Crippen molar-refractivity contribution in [2.75, 3.05) is 17.6 Å². The highest BCUT2D eigenvalue weighted by atomic mass is 32.2. The van der Waals surface area contributed by atoms with E-state index in [1.807, 2.05) is 37.3 Å². The highest BCUT2D eigenvalue weighted by Crippen LogP contribution is 2.20. The molecule has 2 aromatic carbocycles. The molecule has 2 N–H and O–H groups in total. The van der Waals surface area contributed by atoms with Gasteiger partial charge in [-0.1, -0.05) is 31.2 Å². The van der Waals surface area contributed by atoms with Crippen LogP contribution in [0.1, 0.15) is 19.8 Å². The fourth-order valence-electron chi connectivity index (χ4n) is 2.00. The molecule has 0 heterocycles. The van der Waals surface area contributed by atoms with Gasteiger partial charge in [0, 0.05) is 28.9 Å². The smallest absolute Gasteiger partial charge is 0.319 e. The third kappa shape index (κ3) is 7.30. The summed E-state index contributed by atoms with van der Waals surface area (Å²) in [6, 6.07) is 16.4. The van der Waals surface area contributed by atoms with Crippen molar-refractivity contribution in [3.05, 3.63) is 54.6 Å². The predicted octanol–water partition coefficient (Wildman–Crippen LogP) is 4.31. The molecule has 25 heavy (non-hydrogen) atoms. The number of ether oxygens (including phenoxy) is 1. The minimum Gasteiger partial charge on any atom is -0.426 e. The standard InChI is InChI=1S/C19H22N2O3S/c1-2-12-20-19(23)21-15-7-6-8-16(14-15)24-18(22)11-13-25-17-9-4-3-5-10-17/h3-10,14H,2,11-13H2,1H3,(H2,20,21,23). The SMILES string of the molecule is CCCNC(=O)Nc1cccc(OC(=O)CCSc2ccccc2)c1. The minimum absolute atomic E-state index is 0.274. The number of benzene rings is 2. The number of nitrogens with one attached hydrogen (secondary N) is 2. The lowest BCUT2D eigenvalue weighted by Crippen LogP contribution is -2.29. The molecular formula is C19H22N2O3S. The van der Waals surface area contributed by atoms with Crippen molar-refractivity contribution in [1.29, 1.82) is 0 Å². The highest BCUT2D eigenvalue weighted by Gasteiger charge is 2.07. The molecule has 2 rings (SSSR count). The van der Waals surface area contributed by atoms with Crippen molar-refractivity contribution in [2.24, 2.45) is 0 Å². The van der Waals surface area contributed by atoms with Gasteiger partial charge in [-0.2, -0.15) is 0 Å². The van der Waals surface area contributed by atoms with Gasteiger partial charge in [0.15, 0.2) is 0 Å². The summed E-state index contributed by atoms with van der Waals surface area (Å²) in [6.07, 6.45) is 1.18. The zero-order chi connectivity index (χ0) is 17.9. The molecule has 0 aliphatic rings. The van der Waals surface area contributed by atoms with Crippen molar-refractivity contribution < 1.29 is 14.3 Å². The Bertz CT molecular complexity index is 692. The monoisotopic (exact) mass is 358 g/mol. The van der Waals surface area contributed by atoms with Crippen LogP contribution in [0.15, 0.2) is 59.5 Å². The first-order valence-electron chi connectivity index (χ1n) is 8.21. The largest absolute Gasteiger partial charge is 0.426 e. The summed E-state index contributed by atoms with van der Waals surface area (Å²) in [7, 11) is 0. The Hall–Kier alpha value is -2.47. The molecule has 0 saturated carbocycles. The normalized spacial score (nSPS) is 10.1. The van der Waals surface area contributed by atoms with Gasteiger partial charge in [0.05, 0.1) is 6.42 Å². The maximum atomic E-state index is 11.9. The fraction of sp³-hybridized carbons (Fsp3) is 0.263. The average molecular weight is 358 g/mol. The zero-order valence-electron chi connectivity index (χ0n) is 14.2. The molecule has 0 aromatic heterocycles. The van der Waals surface area contributed by atoms with E-state index in [2.05, 4.69) is 10.6 Å². The predicted molar refractivity (Wildman–Crippen MR) is 101 cm³/mol. The minimum atomic E-state index is -0.295. The molecule has 2 amide bonds. The summed E-state index contributed by atoms with van der Waals surface area (Å²) in [6.45, 7) is 2.59. The number of anilines is 1. The number of amides is 2. The van der Waals surface area contributed by atoms with Crippen LogP contribution in [0.25, 0.3) is 0 Å². The first kappa shape index (κ1) is 18.9. The van der Waals surface area contributed by atoms with Crippen LogP contribution in [0.2, 0.25) is 0 Å². The van der Waals surface area contributed by atoms with Gasteiger partial charge in [-0.05, 0) is 30.7 Å². The molecule has 2 aromatic rings. The molecule has 0 fully saturated rings. The zero-order valence-corrected chi connectivity index (χ0v) is 15.0. The summed E-state index contributed by atoms with van der Waals surface area (Å²) in [5.41, 5.74) is 0.581. The van der Waals surface area contributed by atoms with Crippen molar-refractivity contribution in [3.63, 3.8) is 0 Å². The van der Waals surface area contributed by atoms with Crippen LogP contribution in [0.3, 0.4) is 0 Å². The number of carbonyl (C=O) groups is 2. The fourth-order valence-corrected chi connectivity index (χ4v) is 2.86. The summed E-state index contributed by atoms with van der Waals surface area (Å²) < 4.78 is 5.33. The van der Waals surface area contributed by atoms with Crippen LogP contribution >= 0.6 is 11.8 Å². The number of urea groups is 1. The van der Waals surface area contributed by atoms with E-state index in [-0.39, 0.29) is 12.0 Å². The lowest BCUT2D eigenvalue weighted by Gasteiger charge is -2.09. The van der Waals surface area contributed by atoms with Gasteiger partial charge in [-0.3, -0.25) is 4.79 Å². The van der Waals surface area contributed by atoms with Crippen LogP contribution in [-0.4, -0.2) is 24.3 Å². The van der Waals surface area contributed by atoms with Crippen LogP contribution in [0, 0.1) is 0 Å². The maximum absolute atomic E-state index is 11.9. The van der Waals surface area contributed by atoms with Crippen LogP contribution in [0.4, 0.5) is 10.5 Å². The van der Waals surface area contributed by atoms with E-state index >= 15 is 0 Å². The Kier molecular flexibility index (Phi) is 7.85. The van der Waals surface area contributed by atoms with E-state index in [4.69, 9.17) is 4.74 Å². The van der Waals surface area contributed by atoms with Crippen molar-refractivity contribution >= 4 is 29.4 Å². The highest BCUT2D eigenvalue weighted by molar-refractivity contribution is 7.99. The number of thioether (sulfide) groups is 1. The summed E-state index contributed by atoms with van der Waals surface area (Å²) >= 11 is 1.61. The van der Waals surface area contributed by atoms with E-state index in [1.165, 1.54) is 0 Å². The average Bonchev–Trinajstić information content (AvgIpc) is 2.61. The first-order valence-corrected chi connectivity index (χ1v) is 9.19. The number of hydrogen-bond donors (Lipinski definition) is 2. The molecule has 0 radical (unpaired) electrons. The molecule has 0 atom stereocenters. The third-order valence-corrected chi connectivity index (χ3v) is 4.19. The second-order valence-electron chi connectivity index (χ2n) is 5.29. The van der Waals surface area contributed by atoms with E-state index in [0.717, 1.165) is 11.3 Å². The Morgan fingerprint density at radius 1 is 1.08 bits per heavy atom.